The second kappa shape index (κ2) is 7.47. The van der Waals surface area contributed by atoms with Gasteiger partial charge < -0.3 is 15.4 Å². The lowest BCUT2D eigenvalue weighted by Gasteiger charge is -2.09. The van der Waals surface area contributed by atoms with Gasteiger partial charge in [-0.3, -0.25) is 4.79 Å². The van der Waals surface area contributed by atoms with Gasteiger partial charge in [0.05, 0.1) is 7.11 Å². The number of hydrogen-bond donors (Lipinski definition) is 2. The van der Waals surface area contributed by atoms with Gasteiger partial charge in [0.15, 0.2) is 0 Å². The van der Waals surface area contributed by atoms with Gasteiger partial charge in [-0.25, -0.2) is 9.97 Å². The molecule has 1 rings (SSSR count). The van der Waals surface area contributed by atoms with Crippen molar-refractivity contribution in [2.45, 2.75) is 26.7 Å². The Bertz CT molecular complexity index is 396. The van der Waals surface area contributed by atoms with Gasteiger partial charge in [-0.2, -0.15) is 0 Å². The SMILES string of the molecule is CCCNc1cc(NCC(=O)OC)nc(CC)n1. The zero-order chi connectivity index (χ0) is 13.4. The Morgan fingerprint density at radius 2 is 1.94 bits per heavy atom. The quantitative estimate of drug-likeness (QED) is 0.715. The number of nitrogens with zero attached hydrogens (tertiary/aromatic N) is 2. The highest BCUT2D eigenvalue weighted by Gasteiger charge is 2.05. The number of carbonyl (C=O) groups excluding carboxylic acids is 1. The first kappa shape index (κ1) is 14.2. The number of aromatic nitrogens is 2. The summed E-state index contributed by atoms with van der Waals surface area (Å²) in [6, 6.07) is 1.79. The van der Waals surface area contributed by atoms with Gasteiger partial charge in [0.25, 0.3) is 0 Å². The monoisotopic (exact) mass is 252 g/mol. The Kier molecular flexibility index (Phi) is 5.90. The third kappa shape index (κ3) is 4.57. The molecule has 1 aromatic heterocycles. The van der Waals surface area contributed by atoms with Crippen LogP contribution in [0, 0.1) is 0 Å². The van der Waals surface area contributed by atoms with E-state index in [-0.39, 0.29) is 12.5 Å². The number of aryl methyl sites for hydroxylation is 1. The molecule has 0 aromatic carbocycles. The fraction of sp³-hybridized carbons (Fsp3) is 0.583. The molecular formula is C12H20N4O2. The second-order valence-corrected chi connectivity index (χ2v) is 3.76. The summed E-state index contributed by atoms with van der Waals surface area (Å²) in [5.74, 6) is 1.82. The first-order valence-corrected chi connectivity index (χ1v) is 6.12. The van der Waals surface area contributed by atoms with Gasteiger partial charge in [-0.1, -0.05) is 13.8 Å². The van der Waals surface area contributed by atoms with E-state index in [1.165, 1.54) is 7.11 Å². The third-order valence-corrected chi connectivity index (χ3v) is 2.29. The lowest BCUT2D eigenvalue weighted by atomic mass is 10.4. The molecule has 18 heavy (non-hydrogen) atoms. The van der Waals surface area contributed by atoms with Crippen LogP contribution >= 0.6 is 0 Å². The third-order valence-electron chi connectivity index (χ3n) is 2.29. The molecule has 0 spiro atoms. The van der Waals surface area contributed by atoms with Gasteiger partial charge in [-0.05, 0) is 6.42 Å². The topological polar surface area (TPSA) is 76.1 Å². The maximum atomic E-state index is 11.1. The molecule has 6 heteroatoms. The molecule has 0 radical (unpaired) electrons. The molecule has 0 aliphatic rings. The van der Waals surface area contributed by atoms with Crippen molar-refractivity contribution in [2.75, 3.05) is 30.8 Å². The van der Waals surface area contributed by atoms with E-state index in [1.807, 2.05) is 6.92 Å². The van der Waals surface area contributed by atoms with Crippen molar-refractivity contribution in [3.63, 3.8) is 0 Å². The summed E-state index contributed by atoms with van der Waals surface area (Å²) in [4.78, 5) is 19.7. The predicted octanol–water partition coefficient (Wildman–Crippen LogP) is 1.45. The van der Waals surface area contributed by atoms with Crippen LogP contribution in [-0.2, 0) is 16.0 Å². The van der Waals surface area contributed by atoms with E-state index in [9.17, 15) is 4.79 Å². The molecule has 0 bridgehead atoms. The summed E-state index contributed by atoms with van der Waals surface area (Å²) in [5.41, 5.74) is 0. The minimum Gasteiger partial charge on any atom is -0.468 e. The van der Waals surface area contributed by atoms with Crippen molar-refractivity contribution in [1.82, 2.24) is 9.97 Å². The van der Waals surface area contributed by atoms with Crippen LogP contribution in [0.4, 0.5) is 11.6 Å². The van der Waals surface area contributed by atoms with Gasteiger partial charge >= 0.3 is 5.97 Å². The molecule has 0 amide bonds. The molecule has 100 valence electrons. The van der Waals surface area contributed by atoms with Crippen molar-refractivity contribution in [1.29, 1.82) is 0 Å². The van der Waals surface area contributed by atoms with Crippen LogP contribution in [0.1, 0.15) is 26.1 Å². The average molecular weight is 252 g/mol. The summed E-state index contributed by atoms with van der Waals surface area (Å²) in [5, 5.41) is 6.12. The molecule has 1 aromatic rings. The van der Waals surface area contributed by atoms with Gasteiger partial charge in [0.2, 0.25) is 0 Å². The number of rotatable bonds is 7. The van der Waals surface area contributed by atoms with Crippen molar-refractivity contribution >= 4 is 17.6 Å². The molecular weight excluding hydrogens is 232 g/mol. The number of carbonyl (C=O) groups is 1. The standard InChI is InChI=1S/C12H20N4O2/c1-4-6-13-10-7-11(14-8-12(17)18-3)16-9(5-2)15-10/h7H,4-6,8H2,1-3H3,(H2,13,14,15,16). The van der Waals surface area contributed by atoms with E-state index in [1.54, 1.807) is 6.07 Å². The average Bonchev–Trinajstić information content (AvgIpc) is 2.42. The first-order valence-electron chi connectivity index (χ1n) is 6.12. The van der Waals surface area contributed by atoms with Crippen LogP contribution in [0.15, 0.2) is 6.07 Å². The molecule has 1 heterocycles. The molecule has 0 unspecified atom stereocenters. The van der Waals surface area contributed by atoms with E-state index >= 15 is 0 Å². The maximum absolute atomic E-state index is 11.1. The van der Waals surface area contributed by atoms with Gasteiger partial charge in [0, 0.05) is 19.0 Å². The van der Waals surface area contributed by atoms with E-state index in [2.05, 4.69) is 32.3 Å². The molecule has 0 fully saturated rings. The molecule has 0 saturated heterocycles. The summed E-state index contributed by atoms with van der Waals surface area (Å²) in [6.45, 7) is 5.04. The largest absolute Gasteiger partial charge is 0.468 e. The van der Waals surface area contributed by atoms with Crippen LogP contribution in [-0.4, -0.2) is 36.1 Å². The molecule has 6 nitrogen and oxygen atoms in total. The summed E-state index contributed by atoms with van der Waals surface area (Å²) < 4.78 is 4.56. The van der Waals surface area contributed by atoms with Crippen LogP contribution in [0.3, 0.4) is 0 Å². The zero-order valence-electron chi connectivity index (χ0n) is 11.1. The van der Waals surface area contributed by atoms with E-state index in [0.717, 1.165) is 31.0 Å². The number of anilines is 2. The zero-order valence-corrected chi connectivity index (χ0v) is 11.1. The molecule has 0 atom stereocenters. The molecule has 2 N–H and O–H groups in total. The van der Waals surface area contributed by atoms with Crippen LogP contribution in [0.25, 0.3) is 0 Å². The minimum absolute atomic E-state index is 0.101. The second-order valence-electron chi connectivity index (χ2n) is 3.76. The van der Waals surface area contributed by atoms with Crippen molar-refractivity contribution in [2.24, 2.45) is 0 Å². The van der Waals surface area contributed by atoms with E-state index in [4.69, 9.17) is 0 Å². The number of hydrogen-bond acceptors (Lipinski definition) is 6. The Balaban J connectivity index is 2.73. The summed E-state index contributed by atoms with van der Waals surface area (Å²) in [6.07, 6.45) is 1.77. The van der Waals surface area contributed by atoms with Crippen molar-refractivity contribution in [3.05, 3.63) is 11.9 Å². The minimum atomic E-state index is -0.324. The lowest BCUT2D eigenvalue weighted by Crippen LogP contribution is -2.16. The van der Waals surface area contributed by atoms with Crippen LogP contribution < -0.4 is 10.6 Å². The Labute approximate surface area is 107 Å². The lowest BCUT2D eigenvalue weighted by molar-refractivity contribution is -0.138. The van der Waals surface area contributed by atoms with Gasteiger partial charge in [0.1, 0.15) is 24.0 Å². The highest BCUT2D eigenvalue weighted by atomic mass is 16.5. The van der Waals surface area contributed by atoms with E-state index in [0.29, 0.717) is 5.82 Å². The fourth-order valence-electron chi connectivity index (χ4n) is 1.32. The fourth-order valence-corrected chi connectivity index (χ4v) is 1.32. The first-order chi connectivity index (χ1) is 8.69. The smallest absolute Gasteiger partial charge is 0.325 e. The Hall–Kier alpha value is -1.85. The summed E-state index contributed by atoms with van der Waals surface area (Å²) in [7, 11) is 1.36. The Morgan fingerprint density at radius 3 is 2.50 bits per heavy atom. The molecule has 0 aliphatic carbocycles. The van der Waals surface area contributed by atoms with Crippen LogP contribution in [0.5, 0.6) is 0 Å². The number of nitrogens with one attached hydrogen (secondary N) is 2. The van der Waals surface area contributed by atoms with Crippen LogP contribution in [0.2, 0.25) is 0 Å². The predicted molar refractivity (Wildman–Crippen MR) is 70.7 cm³/mol. The summed E-state index contributed by atoms with van der Waals surface area (Å²) >= 11 is 0. The number of esters is 1. The highest BCUT2D eigenvalue weighted by molar-refractivity contribution is 5.74. The van der Waals surface area contributed by atoms with Crippen molar-refractivity contribution < 1.29 is 9.53 Å². The Morgan fingerprint density at radius 1 is 1.28 bits per heavy atom. The molecule has 0 aliphatic heterocycles. The van der Waals surface area contributed by atoms with E-state index < -0.39 is 0 Å². The molecule has 0 saturated carbocycles. The number of ether oxygens (including phenoxy) is 1. The van der Waals surface area contributed by atoms with Crippen molar-refractivity contribution in [3.8, 4) is 0 Å². The highest BCUT2D eigenvalue weighted by Crippen LogP contribution is 2.11. The maximum Gasteiger partial charge on any atom is 0.325 e. The normalized spacial score (nSPS) is 9.94. The van der Waals surface area contributed by atoms with Gasteiger partial charge in [-0.15, -0.1) is 0 Å². The number of methoxy groups -OCH3 is 1.